The summed E-state index contributed by atoms with van der Waals surface area (Å²) in [7, 11) is 0.260. The molecule has 3 heterocycles. The van der Waals surface area contributed by atoms with Crippen LogP contribution >= 0.6 is 0 Å². The second-order valence-corrected chi connectivity index (χ2v) is 29.9. The van der Waals surface area contributed by atoms with Crippen LogP contribution in [0.2, 0.25) is 5.04 Å². The van der Waals surface area contributed by atoms with Crippen molar-refractivity contribution >= 4 is 38.1 Å². The summed E-state index contributed by atoms with van der Waals surface area (Å²) < 4.78 is 88.5. The van der Waals surface area contributed by atoms with Gasteiger partial charge in [0.15, 0.2) is 0 Å². The molecule has 0 N–H and O–H groups in total. The SMILES string of the molecule is CO[C@]12CCCC[C@]1(OC)O[C@H]1[C@H](O2)[C@H](O[C@H]2O[C@H](COCc3ccccc3)[C@@H](OCc3ccccc3)[C@H](OCc3ccccc3)[C@@H]2OCc2ccccc2)[C@@H]([Se]c2ccccc2)O[C@@H]1CO[Si](c1ccccc1)(c1ccccc1)C(C)(C)C. The maximum atomic E-state index is 7.82. The first kappa shape index (κ1) is 60.5. The third-order valence-corrected chi connectivity index (χ3v) is 24.2. The zero-order valence-electron chi connectivity index (χ0n) is 48.9. The fourth-order valence-corrected chi connectivity index (χ4v) is 19.5. The summed E-state index contributed by atoms with van der Waals surface area (Å²) in [6.45, 7) is 8.35. The summed E-state index contributed by atoms with van der Waals surface area (Å²) in [5, 5.41) is 1.42. The van der Waals surface area contributed by atoms with Crippen molar-refractivity contribution in [2.45, 2.75) is 150 Å². The molecular formula is C70H80O12SeSi. The van der Waals surface area contributed by atoms with E-state index in [1.54, 1.807) is 14.2 Å². The molecule has 0 spiro atoms. The van der Waals surface area contributed by atoms with Gasteiger partial charge in [0, 0.05) is 0 Å². The molecule has 3 aliphatic heterocycles. The Kier molecular flexibility index (Phi) is 20.2. The zero-order chi connectivity index (χ0) is 57.8. The van der Waals surface area contributed by atoms with Gasteiger partial charge in [-0.05, 0) is 0 Å². The van der Waals surface area contributed by atoms with E-state index in [4.69, 9.17) is 56.5 Å². The van der Waals surface area contributed by atoms with E-state index in [-0.39, 0.29) is 53.0 Å². The van der Waals surface area contributed by atoms with E-state index in [9.17, 15) is 0 Å². The molecule has 1 aliphatic carbocycles. The van der Waals surface area contributed by atoms with E-state index in [2.05, 4.69) is 154 Å². The third-order valence-electron chi connectivity index (χ3n) is 16.8. The molecule has 4 aliphatic rings. The molecule has 0 amide bonds. The van der Waals surface area contributed by atoms with Gasteiger partial charge in [0.2, 0.25) is 0 Å². The molecule has 442 valence electrons. The first-order valence-corrected chi connectivity index (χ1v) is 33.3. The van der Waals surface area contributed by atoms with Gasteiger partial charge in [-0.15, -0.1) is 0 Å². The fraction of sp³-hybridized carbons (Fsp3) is 0.400. The fourth-order valence-electron chi connectivity index (χ4n) is 12.6. The van der Waals surface area contributed by atoms with Gasteiger partial charge in [0.05, 0.1) is 0 Å². The van der Waals surface area contributed by atoms with Crippen molar-refractivity contribution in [2.24, 2.45) is 0 Å². The van der Waals surface area contributed by atoms with Crippen molar-refractivity contribution < 1.29 is 56.5 Å². The first-order chi connectivity index (χ1) is 41.1. The predicted molar refractivity (Wildman–Crippen MR) is 326 cm³/mol. The molecular weight excluding hydrogens is 1140 g/mol. The molecule has 7 aromatic carbocycles. The molecule has 4 fully saturated rings. The summed E-state index contributed by atoms with van der Waals surface area (Å²) in [4.78, 5) is 0. The Hall–Kier alpha value is -5.20. The van der Waals surface area contributed by atoms with Crippen LogP contribution in [0.15, 0.2) is 212 Å². The number of hydrogen-bond acceptors (Lipinski definition) is 12. The summed E-state index contributed by atoms with van der Waals surface area (Å²) in [5.41, 5.74) is 4.01. The Morgan fingerprint density at radius 3 is 1.37 bits per heavy atom. The van der Waals surface area contributed by atoms with Crippen molar-refractivity contribution in [2.75, 3.05) is 27.4 Å². The van der Waals surface area contributed by atoms with Crippen molar-refractivity contribution in [3.8, 4) is 0 Å². The average Bonchev–Trinajstić information content (AvgIpc) is 2.62. The Labute approximate surface area is 503 Å². The van der Waals surface area contributed by atoms with Gasteiger partial charge in [-0.25, -0.2) is 0 Å². The van der Waals surface area contributed by atoms with Crippen molar-refractivity contribution in [1.82, 2.24) is 0 Å². The van der Waals surface area contributed by atoms with Crippen LogP contribution in [0, 0.1) is 0 Å². The van der Waals surface area contributed by atoms with Gasteiger partial charge < -0.3 is 0 Å². The molecule has 0 unspecified atom stereocenters. The second-order valence-electron chi connectivity index (χ2n) is 23.2. The van der Waals surface area contributed by atoms with E-state index in [1.807, 2.05) is 78.9 Å². The second kappa shape index (κ2) is 28.1. The summed E-state index contributed by atoms with van der Waals surface area (Å²) in [5.74, 6) is -2.57. The number of rotatable bonds is 24. The van der Waals surface area contributed by atoms with Crippen molar-refractivity contribution in [1.29, 1.82) is 0 Å². The molecule has 0 bridgehead atoms. The number of fused-ring (bicyclic) bond motifs is 2. The quantitative estimate of drug-likeness (QED) is 0.0537. The molecule has 0 aromatic heterocycles. The van der Waals surface area contributed by atoms with E-state index < -0.39 is 80.0 Å². The molecule has 84 heavy (non-hydrogen) atoms. The Morgan fingerprint density at radius 2 is 0.893 bits per heavy atom. The van der Waals surface area contributed by atoms with Crippen LogP contribution in [0.25, 0.3) is 0 Å². The van der Waals surface area contributed by atoms with Crippen LogP contribution in [0.4, 0.5) is 0 Å². The van der Waals surface area contributed by atoms with E-state index >= 15 is 0 Å². The number of hydrogen-bond donors (Lipinski definition) is 0. The summed E-state index contributed by atoms with van der Waals surface area (Å²) in [6.07, 6.45) is -4.41. The van der Waals surface area contributed by atoms with E-state index in [0.29, 0.717) is 19.4 Å². The predicted octanol–water partition coefficient (Wildman–Crippen LogP) is 10.4. The van der Waals surface area contributed by atoms with Gasteiger partial charge in [-0.3, -0.25) is 0 Å². The van der Waals surface area contributed by atoms with E-state index in [1.165, 1.54) is 0 Å². The van der Waals surface area contributed by atoms with Crippen LogP contribution in [-0.4, -0.2) is 122 Å². The Morgan fingerprint density at radius 1 is 0.464 bits per heavy atom. The van der Waals surface area contributed by atoms with Gasteiger partial charge in [0.25, 0.3) is 0 Å². The maximum absolute atomic E-state index is 7.82. The van der Waals surface area contributed by atoms with E-state index in [0.717, 1.165) is 49.9 Å². The van der Waals surface area contributed by atoms with Crippen LogP contribution in [0.3, 0.4) is 0 Å². The van der Waals surface area contributed by atoms with Crippen molar-refractivity contribution in [3.63, 3.8) is 0 Å². The monoisotopic (exact) mass is 1220 g/mol. The Bertz CT molecular complexity index is 3020. The van der Waals surface area contributed by atoms with Crippen LogP contribution in [0.1, 0.15) is 68.7 Å². The van der Waals surface area contributed by atoms with Gasteiger partial charge in [0.1, 0.15) is 0 Å². The summed E-state index contributed by atoms with van der Waals surface area (Å²) >= 11 is -0.379. The molecule has 0 radical (unpaired) electrons. The molecule has 14 heteroatoms. The first-order valence-electron chi connectivity index (χ1n) is 29.6. The van der Waals surface area contributed by atoms with Crippen LogP contribution in [-0.2, 0) is 83.0 Å². The van der Waals surface area contributed by atoms with Crippen LogP contribution < -0.4 is 14.8 Å². The standard InChI is InChI=1S/C70H80O12SeSi/c1-68(2,3)84(56-39-23-11-24-40-56,57-41-25-12-26-42-57)77-50-59-61-63(82-70(72-5)44-28-27-43-69(70,71-4)81-61)65(67(79-59)83-55-37-21-10-22-38-55)80-66-64(76-48-54-35-19-9-20-36-54)62(75-47-53-33-17-8-18-34-53)60(74-46-52-31-15-7-16-32-52)58(78-66)49-73-45-51-29-13-6-14-30-51/h6-26,29-42,58-67H,27-28,43-50H2,1-5H3/t58-,59-,60-,61-,62+,63+,64+,65+,66-,67-,69+,70+/m1/s1. The number of methoxy groups -OCH3 is 2. The molecule has 3 saturated heterocycles. The topological polar surface area (TPSA) is 111 Å². The van der Waals surface area contributed by atoms with Gasteiger partial charge in [-0.2, -0.15) is 0 Å². The van der Waals surface area contributed by atoms with Gasteiger partial charge >= 0.3 is 494 Å². The zero-order valence-corrected chi connectivity index (χ0v) is 51.6. The molecule has 7 aromatic rings. The third kappa shape index (κ3) is 13.5. The molecule has 11 rings (SSSR count). The molecule has 1 saturated carbocycles. The van der Waals surface area contributed by atoms with Gasteiger partial charge in [-0.1, -0.05) is 12.1 Å². The molecule has 12 atom stereocenters. The summed E-state index contributed by atoms with van der Waals surface area (Å²) in [6, 6.07) is 72.5. The minimum absolute atomic E-state index is 0.153. The Balaban J connectivity index is 1.02. The average molecular weight is 1220 g/mol. The van der Waals surface area contributed by atoms with Crippen molar-refractivity contribution in [3.05, 3.63) is 235 Å². The molecule has 12 nitrogen and oxygen atoms in total. The van der Waals surface area contributed by atoms with Crippen LogP contribution in [0.5, 0.6) is 0 Å². The number of ether oxygens (including phenoxy) is 11. The number of benzene rings is 7. The normalized spacial score (nSPS) is 28.0. The minimum atomic E-state index is -3.12.